The fourth-order valence-electron chi connectivity index (χ4n) is 4.25. The Balaban J connectivity index is 1.45. The summed E-state index contributed by atoms with van der Waals surface area (Å²) in [7, 11) is 0. The number of anilines is 1. The first-order chi connectivity index (χ1) is 15.9. The summed E-state index contributed by atoms with van der Waals surface area (Å²) in [5.41, 5.74) is -0.0579. The van der Waals surface area contributed by atoms with Crippen LogP contribution in [0.2, 0.25) is 5.02 Å². The maximum absolute atomic E-state index is 13.5. The van der Waals surface area contributed by atoms with E-state index in [1.807, 2.05) is 13.0 Å². The summed E-state index contributed by atoms with van der Waals surface area (Å²) >= 11 is 7.48. The van der Waals surface area contributed by atoms with E-state index in [0.29, 0.717) is 33.6 Å². The smallest absolute Gasteiger partial charge is 0.325 e. The van der Waals surface area contributed by atoms with Crippen molar-refractivity contribution in [3.63, 3.8) is 0 Å². The number of ether oxygens (including phenoxy) is 1. The number of amides is 4. The molecule has 3 aliphatic rings. The Hall–Kier alpha value is -3.04. The van der Waals surface area contributed by atoms with Gasteiger partial charge in [0.15, 0.2) is 10.7 Å². The number of thioether (sulfide) groups is 1. The van der Waals surface area contributed by atoms with Crippen LogP contribution in [0, 0.1) is 0 Å². The molecule has 1 N–H and O–H groups in total. The number of carbonyl (C=O) groups excluding carboxylic acids is 3. The second-order valence-electron chi connectivity index (χ2n) is 8.10. The Kier molecular flexibility index (Phi) is 5.54. The Morgan fingerprint density at radius 3 is 2.76 bits per heavy atom. The highest BCUT2D eigenvalue weighted by atomic mass is 35.5. The third-order valence-corrected chi connectivity index (χ3v) is 7.31. The van der Waals surface area contributed by atoms with Crippen molar-refractivity contribution in [1.82, 2.24) is 10.2 Å². The van der Waals surface area contributed by atoms with E-state index in [1.165, 1.54) is 16.7 Å². The van der Waals surface area contributed by atoms with Crippen molar-refractivity contribution < 1.29 is 19.1 Å². The minimum Gasteiger partial charge on any atom is -0.493 e. The summed E-state index contributed by atoms with van der Waals surface area (Å²) in [6, 6.07) is 13.4. The van der Waals surface area contributed by atoms with Gasteiger partial charge in [0.1, 0.15) is 12.3 Å². The van der Waals surface area contributed by atoms with Gasteiger partial charge in [-0.2, -0.15) is 0 Å². The molecule has 0 saturated carbocycles. The average Bonchev–Trinajstić information content (AvgIpc) is 3.32. The third-order valence-electron chi connectivity index (χ3n) is 5.86. The number of nitrogens with one attached hydrogen (secondary N) is 1. The van der Waals surface area contributed by atoms with Gasteiger partial charge >= 0.3 is 6.03 Å². The Morgan fingerprint density at radius 1 is 1.27 bits per heavy atom. The number of benzene rings is 2. The predicted octanol–water partition coefficient (Wildman–Crippen LogP) is 3.39. The number of nitrogens with zero attached hydrogens (tertiary/aromatic N) is 3. The number of para-hydroxylation sites is 1. The number of imide groups is 1. The molecule has 5 rings (SSSR count). The van der Waals surface area contributed by atoms with Crippen molar-refractivity contribution in [3.05, 3.63) is 59.1 Å². The normalized spacial score (nSPS) is 23.8. The fourth-order valence-corrected chi connectivity index (χ4v) is 5.43. The molecule has 8 nitrogen and oxygen atoms in total. The third kappa shape index (κ3) is 3.75. The van der Waals surface area contributed by atoms with Gasteiger partial charge in [-0.05, 0) is 37.3 Å². The van der Waals surface area contributed by atoms with Crippen molar-refractivity contribution in [2.45, 2.75) is 24.9 Å². The SMILES string of the molecule is C[C@@H]1CSC(N(C(=O)CN2C(=O)N[C@@]3(CCOc4ccccc43)C2=O)c2ccc(Cl)cc2)=N1. The van der Waals surface area contributed by atoms with Gasteiger partial charge < -0.3 is 10.1 Å². The number of hydrogen-bond donors (Lipinski definition) is 1. The molecule has 3 aliphatic heterocycles. The van der Waals surface area contributed by atoms with Gasteiger partial charge in [-0.1, -0.05) is 41.6 Å². The second kappa shape index (κ2) is 8.39. The maximum atomic E-state index is 13.5. The highest BCUT2D eigenvalue weighted by molar-refractivity contribution is 8.14. The van der Waals surface area contributed by atoms with E-state index in [9.17, 15) is 14.4 Å². The van der Waals surface area contributed by atoms with Crippen LogP contribution in [-0.2, 0) is 15.1 Å². The number of hydrogen-bond acceptors (Lipinski definition) is 6. The Bertz CT molecular complexity index is 1170. The van der Waals surface area contributed by atoms with Gasteiger partial charge in [-0.3, -0.25) is 24.4 Å². The van der Waals surface area contributed by atoms with E-state index in [0.717, 1.165) is 10.7 Å². The van der Waals surface area contributed by atoms with Crippen molar-refractivity contribution in [2.24, 2.45) is 4.99 Å². The quantitative estimate of drug-likeness (QED) is 0.674. The number of rotatable bonds is 3. The van der Waals surface area contributed by atoms with Crippen LogP contribution in [0.4, 0.5) is 10.5 Å². The van der Waals surface area contributed by atoms with Crippen LogP contribution in [0.5, 0.6) is 5.75 Å². The molecule has 2 aromatic carbocycles. The fraction of sp³-hybridized carbons (Fsp3) is 0.304. The maximum Gasteiger partial charge on any atom is 0.325 e. The summed E-state index contributed by atoms with van der Waals surface area (Å²) in [4.78, 5) is 46.9. The topological polar surface area (TPSA) is 91.3 Å². The van der Waals surface area contributed by atoms with Crippen molar-refractivity contribution in [2.75, 3.05) is 23.8 Å². The lowest BCUT2D eigenvalue weighted by molar-refractivity contribution is -0.135. The number of amidine groups is 1. The summed E-state index contributed by atoms with van der Waals surface area (Å²) in [5.74, 6) is 0.412. The van der Waals surface area contributed by atoms with Gasteiger partial charge in [0, 0.05) is 22.8 Å². The van der Waals surface area contributed by atoms with Gasteiger partial charge in [-0.15, -0.1) is 0 Å². The molecule has 33 heavy (non-hydrogen) atoms. The molecule has 10 heteroatoms. The molecule has 0 aliphatic carbocycles. The molecule has 0 radical (unpaired) electrons. The number of fused-ring (bicyclic) bond motifs is 2. The van der Waals surface area contributed by atoms with Crippen LogP contribution >= 0.6 is 23.4 Å². The first-order valence-electron chi connectivity index (χ1n) is 10.5. The lowest BCUT2D eigenvalue weighted by atomic mass is 9.84. The lowest BCUT2D eigenvalue weighted by Crippen LogP contribution is -2.48. The molecule has 1 fully saturated rings. The number of urea groups is 1. The summed E-state index contributed by atoms with van der Waals surface area (Å²) in [6.07, 6.45) is 0.292. The van der Waals surface area contributed by atoms with Crippen molar-refractivity contribution in [1.29, 1.82) is 0 Å². The van der Waals surface area contributed by atoms with E-state index in [-0.39, 0.29) is 12.6 Å². The summed E-state index contributed by atoms with van der Waals surface area (Å²) in [5, 5.41) is 3.90. The molecule has 2 atom stereocenters. The molecule has 4 amide bonds. The molecule has 0 bridgehead atoms. The van der Waals surface area contributed by atoms with E-state index in [4.69, 9.17) is 16.3 Å². The van der Waals surface area contributed by atoms with Gasteiger partial charge in [0.25, 0.3) is 11.8 Å². The van der Waals surface area contributed by atoms with Gasteiger partial charge in [-0.25, -0.2) is 4.79 Å². The van der Waals surface area contributed by atoms with Crippen molar-refractivity contribution in [3.8, 4) is 5.75 Å². The highest BCUT2D eigenvalue weighted by Gasteiger charge is 2.55. The van der Waals surface area contributed by atoms with Gasteiger partial charge in [0.05, 0.1) is 18.3 Å². The number of halogens is 1. The molecule has 1 saturated heterocycles. The zero-order chi connectivity index (χ0) is 23.2. The predicted molar refractivity (Wildman–Crippen MR) is 127 cm³/mol. The van der Waals surface area contributed by atoms with E-state index < -0.39 is 29.9 Å². The van der Waals surface area contributed by atoms with Crippen LogP contribution in [0.3, 0.4) is 0 Å². The van der Waals surface area contributed by atoms with Crippen LogP contribution < -0.4 is 15.0 Å². The first kappa shape index (κ1) is 21.8. The van der Waals surface area contributed by atoms with Crippen LogP contribution in [0.15, 0.2) is 53.5 Å². The van der Waals surface area contributed by atoms with E-state index >= 15 is 0 Å². The minimum absolute atomic E-state index is 0.0614. The molecular weight excluding hydrogens is 464 g/mol. The van der Waals surface area contributed by atoms with Crippen LogP contribution in [0.1, 0.15) is 18.9 Å². The summed E-state index contributed by atoms with van der Waals surface area (Å²) < 4.78 is 5.67. The van der Waals surface area contributed by atoms with Crippen LogP contribution in [-0.4, -0.2) is 52.9 Å². The standard InChI is InChI=1S/C23H21ClN4O4S/c1-14-13-33-22(25-14)28(16-8-6-15(24)7-9-16)19(29)12-27-20(30)23(26-21(27)31)10-11-32-18-5-3-2-4-17(18)23/h2-9,14H,10-13H2,1H3,(H,26,31)/t14-,23-/m1/s1. The van der Waals surface area contributed by atoms with E-state index in [1.54, 1.807) is 42.5 Å². The zero-order valence-electron chi connectivity index (χ0n) is 17.8. The largest absolute Gasteiger partial charge is 0.493 e. The molecule has 3 heterocycles. The van der Waals surface area contributed by atoms with Gasteiger partial charge in [0.2, 0.25) is 0 Å². The van der Waals surface area contributed by atoms with Crippen LogP contribution in [0.25, 0.3) is 0 Å². The second-order valence-corrected chi connectivity index (χ2v) is 9.52. The molecular formula is C23H21ClN4O4S. The number of carbonyl (C=O) groups is 3. The molecule has 1 spiro atoms. The molecule has 2 aromatic rings. The average molecular weight is 485 g/mol. The van der Waals surface area contributed by atoms with Crippen molar-refractivity contribution >= 4 is 52.1 Å². The summed E-state index contributed by atoms with van der Waals surface area (Å²) in [6.45, 7) is 1.84. The molecule has 0 aromatic heterocycles. The Morgan fingerprint density at radius 2 is 2.03 bits per heavy atom. The number of aliphatic imine (C=N–C) groups is 1. The lowest BCUT2D eigenvalue weighted by Gasteiger charge is -2.33. The zero-order valence-corrected chi connectivity index (χ0v) is 19.4. The monoisotopic (exact) mass is 484 g/mol. The Labute approximate surface area is 199 Å². The minimum atomic E-state index is -1.23. The van der Waals surface area contributed by atoms with E-state index in [2.05, 4.69) is 10.3 Å². The highest BCUT2D eigenvalue weighted by Crippen LogP contribution is 2.41. The first-order valence-corrected chi connectivity index (χ1v) is 11.9. The molecule has 0 unspecified atom stereocenters. The molecule has 170 valence electrons.